The van der Waals surface area contributed by atoms with Gasteiger partial charge in [0, 0.05) is 9.79 Å². The van der Waals surface area contributed by atoms with E-state index in [0.717, 1.165) is 53.6 Å². The molecule has 242 valence electrons. The molecule has 46 heavy (non-hydrogen) atoms. The first-order valence-electron chi connectivity index (χ1n) is 14.3. The van der Waals surface area contributed by atoms with Gasteiger partial charge in [0.15, 0.2) is 0 Å². The molecule has 0 radical (unpaired) electrons. The van der Waals surface area contributed by atoms with Crippen molar-refractivity contribution < 1.29 is 38.1 Å². The zero-order valence-electron chi connectivity index (χ0n) is 25.2. The number of carbonyl (C=O) groups excluding carboxylic acids is 1. The Morgan fingerprint density at radius 2 is 1.33 bits per heavy atom. The Morgan fingerprint density at radius 1 is 0.826 bits per heavy atom. The summed E-state index contributed by atoms with van der Waals surface area (Å²) in [6.07, 6.45) is 10.2. The van der Waals surface area contributed by atoms with Gasteiger partial charge >= 0.3 is 5.97 Å². The average Bonchev–Trinajstić information content (AvgIpc) is 3.07. The number of carboxylic acids is 1. The molecule has 0 saturated heterocycles. The molecule has 2 heterocycles. The van der Waals surface area contributed by atoms with Crippen LogP contribution in [0, 0.1) is 11.6 Å². The van der Waals surface area contributed by atoms with Crippen LogP contribution in [-0.2, 0) is 0 Å². The number of aromatic nitrogens is 2. The Bertz CT molecular complexity index is 1670. The van der Waals surface area contributed by atoms with Crippen molar-refractivity contribution in [1.29, 1.82) is 0 Å². The number of hydrogen-bond acceptors (Lipinski definition) is 9. The zero-order valence-corrected chi connectivity index (χ0v) is 26.8. The number of amides is 1. The zero-order chi connectivity index (χ0) is 33.1. The lowest BCUT2D eigenvalue weighted by atomic mass is 9.82. The van der Waals surface area contributed by atoms with E-state index in [1.165, 1.54) is 11.8 Å². The molecular formula is C33H33F2N3O6S2. The molecule has 1 aliphatic carbocycles. The van der Waals surface area contributed by atoms with E-state index in [-0.39, 0.29) is 29.5 Å². The van der Waals surface area contributed by atoms with Crippen molar-refractivity contribution in [2.24, 2.45) is 0 Å². The first-order valence-corrected chi connectivity index (χ1v) is 16.7. The molecule has 0 unspecified atom stereocenters. The smallest absolute Gasteiger partial charge is 0.341 e. The van der Waals surface area contributed by atoms with Gasteiger partial charge in [-0.05, 0) is 73.9 Å². The van der Waals surface area contributed by atoms with Gasteiger partial charge in [0.1, 0.15) is 34.3 Å². The fourth-order valence-corrected chi connectivity index (χ4v) is 5.64. The number of carbonyl (C=O) groups is 2. The van der Waals surface area contributed by atoms with Crippen molar-refractivity contribution in [3.8, 4) is 23.3 Å². The molecule has 0 atom stereocenters. The van der Waals surface area contributed by atoms with Crippen molar-refractivity contribution in [2.75, 3.05) is 19.1 Å². The van der Waals surface area contributed by atoms with Crippen LogP contribution in [0.2, 0.25) is 0 Å². The number of nitrogens with one attached hydrogen (secondary N) is 1. The van der Waals surface area contributed by atoms with Crippen LogP contribution < -0.4 is 14.8 Å². The van der Waals surface area contributed by atoms with Crippen molar-refractivity contribution in [1.82, 2.24) is 15.3 Å². The summed E-state index contributed by atoms with van der Waals surface area (Å²) in [5, 5.41) is 21.7. The molecule has 0 bridgehead atoms. The molecule has 5 rings (SSSR count). The quantitative estimate of drug-likeness (QED) is 0.145. The van der Waals surface area contributed by atoms with Gasteiger partial charge in [0.25, 0.3) is 5.91 Å². The van der Waals surface area contributed by atoms with E-state index in [1.54, 1.807) is 36.0 Å². The number of benzene rings is 2. The predicted octanol–water partition coefficient (Wildman–Crippen LogP) is 7.59. The van der Waals surface area contributed by atoms with Gasteiger partial charge in [0.05, 0.1) is 24.5 Å². The van der Waals surface area contributed by atoms with E-state index in [2.05, 4.69) is 15.3 Å². The molecule has 2 aromatic carbocycles. The van der Waals surface area contributed by atoms with Crippen LogP contribution in [0.4, 0.5) is 8.78 Å². The van der Waals surface area contributed by atoms with Gasteiger partial charge in [-0.25, -0.2) is 23.5 Å². The van der Waals surface area contributed by atoms with Gasteiger partial charge in [-0.1, -0.05) is 31.4 Å². The summed E-state index contributed by atoms with van der Waals surface area (Å²) >= 11 is 3.09. The van der Waals surface area contributed by atoms with Crippen LogP contribution in [0.15, 0.2) is 82.8 Å². The van der Waals surface area contributed by atoms with Crippen LogP contribution in [0.1, 0.15) is 52.8 Å². The third-order valence-electron chi connectivity index (χ3n) is 7.11. The number of thioether (sulfide) groups is 2. The number of nitrogens with zero attached hydrogens (tertiary/aromatic N) is 2. The largest absolute Gasteiger partial charge is 0.477 e. The topological polar surface area (TPSA) is 131 Å². The monoisotopic (exact) mass is 669 g/mol. The molecule has 0 aliphatic heterocycles. The fraction of sp³-hybridized carbons (Fsp3) is 0.273. The van der Waals surface area contributed by atoms with E-state index >= 15 is 0 Å². The van der Waals surface area contributed by atoms with E-state index in [0.29, 0.717) is 24.3 Å². The van der Waals surface area contributed by atoms with Crippen LogP contribution in [0.25, 0.3) is 0 Å². The molecule has 0 spiro atoms. The SMILES string of the molecule is CSc1cccc(Oc2ncc(F)cc2C(=O)NC2(CO)CCCCC2)c1.CSc1cccc(Oc2ncc(F)cc2C(=O)O)c1. The Labute approximate surface area is 273 Å². The summed E-state index contributed by atoms with van der Waals surface area (Å²) in [6, 6.07) is 16.5. The Hall–Kier alpha value is -4.20. The van der Waals surface area contributed by atoms with Crippen molar-refractivity contribution in [3.05, 3.63) is 95.8 Å². The molecule has 13 heteroatoms. The van der Waals surface area contributed by atoms with Gasteiger partial charge in [0.2, 0.25) is 11.8 Å². The maximum absolute atomic E-state index is 13.8. The highest BCUT2D eigenvalue weighted by Gasteiger charge is 2.34. The maximum Gasteiger partial charge on any atom is 0.341 e. The average molecular weight is 670 g/mol. The first-order chi connectivity index (χ1) is 22.1. The maximum atomic E-state index is 13.8. The van der Waals surface area contributed by atoms with Crippen molar-refractivity contribution >= 4 is 35.4 Å². The molecule has 1 aliphatic rings. The number of hydrogen-bond donors (Lipinski definition) is 3. The summed E-state index contributed by atoms with van der Waals surface area (Å²) in [7, 11) is 0. The summed E-state index contributed by atoms with van der Waals surface area (Å²) in [4.78, 5) is 33.4. The number of halogens is 2. The number of carboxylic acid groups (broad SMARTS) is 1. The third-order valence-corrected chi connectivity index (χ3v) is 8.56. The molecule has 1 saturated carbocycles. The van der Waals surface area contributed by atoms with Gasteiger partial charge in [-0.3, -0.25) is 4.79 Å². The normalized spacial score (nSPS) is 13.6. The number of aliphatic hydroxyl groups is 1. The van der Waals surface area contributed by atoms with Crippen LogP contribution in [0.3, 0.4) is 0 Å². The lowest BCUT2D eigenvalue weighted by Gasteiger charge is -2.36. The second kappa shape index (κ2) is 16.4. The van der Waals surface area contributed by atoms with Gasteiger partial charge in [-0.15, -0.1) is 23.5 Å². The number of aliphatic hydroxyl groups excluding tert-OH is 1. The number of rotatable bonds is 10. The third kappa shape index (κ3) is 9.41. The molecule has 1 amide bonds. The molecule has 9 nitrogen and oxygen atoms in total. The van der Waals surface area contributed by atoms with E-state index in [9.17, 15) is 23.5 Å². The van der Waals surface area contributed by atoms with Gasteiger partial charge < -0.3 is 25.0 Å². The minimum absolute atomic E-state index is 0.0166. The predicted molar refractivity (Wildman–Crippen MR) is 172 cm³/mol. The number of ether oxygens (including phenoxy) is 2. The van der Waals surface area contributed by atoms with Crippen LogP contribution >= 0.6 is 23.5 Å². The van der Waals surface area contributed by atoms with E-state index < -0.39 is 29.0 Å². The molecule has 4 aromatic rings. The van der Waals surface area contributed by atoms with E-state index in [1.807, 2.05) is 36.8 Å². The molecule has 1 fully saturated rings. The minimum Gasteiger partial charge on any atom is -0.477 e. The highest BCUT2D eigenvalue weighted by molar-refractivity contribution is 7.98. The lowest BCUT2D eigenvalue weighted by molar-refractivity contribution is 0.0691. The van der Waals surface area contributed by atoms with Crippen molar-refractivity contribution in [2.45, 2.75) is 47.4 Å². The molecular weight excluding hydrogens is 637 g/mol. The second-order valence-corrected chi connectivity index (χ2v) is 12.1. The first kappa shape index (κ1) is 34.7. The second-order valence-electron chi connectivity index (χ2n) is 10.3. The summed E-state index contributed by atoms with van der Waals surface area (Å²) in [5.41, 5.74) is -0.963. The summed E-state index contributed by atoms with van der Waals surface area (Å²) < 4.78 is 37.9. The van der Waals surface area contributed by atoms with Crippen LogP contribution in [0.5, 0.6) is 23.3 Å². The van der Waals surface area contributed by atoms with Gasteiger partial charge in [-0.2, -0.15) is 0 Å². The highest BCUT2D eigenvalue weighted by atomic mass is 32.2. The van der Waals surface area contributed by atoms with Crippen LogP contribution in [-0.4, -0.2) is 56.7 Å². The molecule has 3 N–H and O–H groups in total. The standard InChI is InChI=1S/C20H23FN2O3S.C13H10FNO3S/c1-27-16-7-5-6-15(11-16)26-19-17(10-14(21)12-22-19)18(25)23-20(13-24)8-3-2-4-9-20;1-19-10-4-2-3-9(6-10)18-12-11(13(16)17)5-8(14)7-15-12/h5-7,10-12,24H,2-4,8-9,13H2,1H3,(H,23,25);2-7H,1H3,(H,16,17). The number of pyridine rings is 2. The fourth-order valence-electron chi connectivity index (χ4n) is 4.74. The number of aromatic carboxylic acids is 1. The Kier molecular flexibility index (Phi) is 12.4. The Morgan fingerprint density at radius 3 is 1.80 bits per heavy atom. The Balaban J connectivity index is 0.000000222. The van der Waals surface area contributed by atoms with E-state index in [4.69, 9.17) is 14.6 Å². The lowest BCUT2D eigenvalue weighted by Crippen LogP contribution is -2.52. The minimum atomic E-state index is -1.29. The highest BCUT2D eigenvalue weighted by Crippen LogP contribution is 2.31. The summed E-state index contributed by atoms with van der Waals surface area (Å²) in [6.45, 7) is -0.145. The summed E-state index contributed by atoms with van der Waals surface area (Å²) in [5.74, 6) is -2.24. The molecule has 2 aromatic heterocycles. The van der Waals surface area contributed by atoms with Crippen molar-refractivity contribution in [3.63, 3.8) is 0 Å².